The van der Waals surface area contributed by atoms with Crippen molar-refractivity contribution < 1.29 is 18.7 Å². The van der Waals surface area contributed by atoms with Crippen molar-refractivity contribution in [2.45, 2.75) is 38.5 Å². The van der Waals surface area contributed by atoms with Gasteiger partial charge >= 0.3 is 5.97 Å². The van der Waals surface area contributed by atoms with Crippen LogP contribution in [0.15, 0.2) is 6.20 Å². The zero-order chi connectivity index (χ0) is 13.4. The van der Waals surface area contributed by atoms with Crippen LogP contribution in [0.3, 0.4) is 0 Å². The van der Waals surface area contributed by atoms with Gasteiger partial charge in [0.05, 0.1) is 11.3 Å². The molecule has 0 aliphatic carbocycles. The molecule has 0 saturated carbocycles. The normalized spacial score (nSPS) is 12.8. The highest BCUT2D eigenvalue weighted by Crippen LogP contribution is 2.37. The smallest absolute Gasteiger partial charge is 0.309 e. The Balaban J connectivity index is 3.26. The summed E-state index contributed by atoms with van der Waals surface area (Å²) in [5, 5.41) is 12.5. The molecule has 0 bridgehead atoms. The molecule has 1 heterocycles. The molecule has 0 aliphatic heterocycles. The predicted molar refractivity (Wildman–Crippen MR) is 58.1 cm³/mol. The maximum Gasteiger partial charge on any atom is 0.309 e. The lowest BCUT2D eigenvalue weighted by Crippen LogP contribution is -2.24. The van der Waals surface area contributed by atoms with Gasteiger partial charge in [-0.3, -0.25) is 9.48 Å². The fourth-order valence-electron chi connectivity index (χ4n) is 1.60. The van der Waals surface area contributed by atoms with Gasteiger partial charge in [-0.15, -0.1) is 0 Å². The third-order valence-corrected chi connectivity index (χ3v) is 2.31. The Hall–Kier alpha value is -1.46. The first kappa shape index (κ1) is 13.6. The second-order valence-corrected chi connectivity index (χ2v) is 5.09. The monoisotopic (exact) mass is 246 g/mol. The molecule has 0 aromatic carbocycles. The van der Waals surface area contributed by atoms with E-state index >= 15 is 0 Å². The van der Waals surface area contributed by atoms with Crippen LogP contribution in [0.1, 0.15) is 38.4 Å². The van der Waals surface area contributed by atoms with E-state index in [9.17, 15) is 13.6 Å². The van der Waals surface area contributed by atoms with Crippen molar-refractivity contribution in [1.29, 1.82) is 0 Å². The van der Waals surface area contributed by atoms with Gasteiger partial charge in [0, 0.05) is 18.7 Å². The summed E-state index contributed by atoms with van der Waals surface area (Å²) >= 11 is 0. The van der Waals surface area contributed by atoms with Gasteiger partial charge in [-0.1, -0.05) is 20.8 Å². The third-order valence-electron chi connectivity index (χ3n) is 2.31. The molecule has 1 rings (SSSR count). The lowest BCUT2D eigenvalue weighted by molar-refractivity contribution is -0.145. The molecule has 1 aromatic rings. The maximum absolute atomic E-state index is 13.8. The topological polar surface area (TPSA) is 55.1 Å². The molecular formula is C11H16F2N2O2. The Kier molecular flexibility index (Phi) is 3.27. The van der Waals surface area contributed by atoms with Crippen molar-refractivity contribution in [1.82, 2.24) is 9.78 Å². The van der Waals surface area contributed by atoms with E-state index in [0.717, 1.165) is 0 Å². The fraction of sp³-hybridized carbons (Fsp3) is 0.636. The van der Waals surface area contributed by atoms with E-state index in [1.165, 1.54) is 17.9 Å². The molecule has 1 N–H and O–H groups in total. The van der Waals surface area contributed by atoms with Gasteiger partial charge in [0.2, 0.25) is 0 Å². The molecule has 0 saturated heterocycles. The van der Waals surface area contributed by atoms with E-state index in [1.54, 1.807) is 20.8 Å². The molecule has 0 fully saturated rings. The summed E-state index contributed by atoms with van der Waals surface area (Å²) in [5.74, 6) is -4.93. The zero-order valence-electron chi connectivity index (χ0n) is 10.3. The van der Waals surface area contributed by atoms with E-state index in [2.05, 4.69) is 5.10 Å². The van der Waals surface area contributed by atoms with Gasteiger partial charge in [0.25, 0.3) is 5.92 Å². The number of hydrogen-bond donors (Lipinski definition) is 1. The number of carboxylic acids is 1. The third kappa shape index (κ3) is 3.01. The van der Waals surface area contributed by atoms with Gasteiger partial charge < -0.3 is 5.11 Å². The van der Waals surface area contributed by atoms with Crippen molar-refractivity contribution in [3.05, 3.63) is 17.5 Å². The highest BCUT2D eigenvalue weighted by molar-refractivity contribution is 5.68. The van der Waals surface area contributed by atoms with Crippen molar-refractivity contribution in [3.63, 3.8) is 0 Å². The largest absolute Gasteiger partial charge is 0.481 e. The predicted octanol–water partition coefficient (Wildman–Crippen LogP) is 2.28. The minimum atomic E-state index is -3.40. The average molecular weight is 246 g/mol. The van der Waals surface area contributed by atoms with Crippen LogP contribution in [0.4, 0.5) is 8.78 Å². The van der Waals surface area contributed by atoms with E-state index in [4.69, 9.17) is 5.11 Å². The van der Waals surface area contributed by atoms with E-state index in [1.807, 2.05) is 0 Å². The number of aliphatic carboxylic acids is 1. The van der Waals surface area contributed by atoms with Gasteiger partial charge in [-0.25, -0.2) is 8.78 Å². The second-order valence-electron chi connectivity index (χ2n) is 5.09. The number of hydrogen-bond acceptors (Lipinski definition) is 2. The number of aromatic nitrogens is 2. The first-order valence-corrected chi connectivity index (χ1v) is 5.18. The Bertz CT molecular complexity index is 433. The maximum atomic E-state index is 13.8. The van der Waals surface area contributed by atoms with Crippen LogP contribution in [-0.2, 0) is 23.2 Å². The molecule has 0 amide bonds. The number of alkyl halides is 2. The standard InChI is InChI=1S/C11H16F2N2O2/c1-10(2,3)9-7(6-15(4)14-9)11(12,13)5-8(16)17/h6H,5H2,1-4H3,(H,16,17). The van der Waals surface area contributed by atoms with Crippen LogP contribution in [0.2, 0.25) is 0 Å². The summed E-state index contributed by atoms with van der Waals surface area (Å²) in [7, 11) is 1.54. The lowest BCUT2D eigenvalue weighted by atomic mass is 9.87. The molecule has 0 aliphatic rings. The van der Waals surface area contributed by atoms with Crippen LogP contribution in [-0.4, -0.2) is 20.9 Å². The lowest BCUT2D eigenvalue weighted by Gasteiger charge is -2.21. The SMILES string of the molecule is Cn1cc(C(F)(F)CC(=O)O)c(C(C)(C)C)n1. The number of halogens is 2. The summed E-state index contributed by atoms with van der Waals surface area (Å²) in [5.41, 5.74) is -0.639. The molecule has 0 spiro atoms. The van der Waals surface area contributed by atoms with Crippen molar-refractivity contribution in [2.24, 2.45) is 7.05 Å². The van der Waals surface area contributed by atoms with E-state index < -0.39 is 23.7 Å². The van der Waals surface area contributed by atoms with Gasteiger partial charge in [-0.05, 0) is 0 Å². The Morgan fingerprint density at radius 1 is 1.47 bits per heavy atom. The summed E-state index contributed by atoms with van der Waals surface area (Å²) in [6, 6.07) is 0. The molecule has 4 nitrogen and oxygen atoms in total. The van der Waals surface area contributed by atoms with Crippen LogP contribution in [0.5, 0.6) is 0 Å². The van der Waals surface area contributed by atoms with Crippen LogP contribution >= 0.6 is 0 Å². The Labute approximate surface area is 98.2 Å². The number of rotatable bonds is 3. The minimum absolute atomic E-state index is 0.228. The molecule has 17 heavy (non-hydrogen) atoms. The minimum Gasteiger partial charge on any atom is -0.481 e. The molecule has 96 valence electrons. The molecule has 1 aromatic heterocycles. The summed E-state index contributed by atoms with van der Waals surface area (Å²) in [6.07, 6.45) is -0.0364. The number of aryl methyl sites for hydroxylation is 1. The average Bonchev–Trinajstić information content (AvgIpc) is 2.44. The van der Waals surface area contributed by atoms with Gasteiger partial charge in [0.1, 0.15) is 6.42 Å². The van der Waals surface area contributed by atoms with E-state index in [0.29, 0.717) is 0 Å². The van der Waals surface area contributed by atoms with Crippen molar-refractivity contribution >= 4 is 5.97 Å². The Morgan fingerprint density at radius 3 is 2.41 bits per heavy atom. The molecule has 0 atom stereocenters. The van der Waals surface area contributed by atoms with Crippen LogP contribution in [0, 0.1) is 0 Å². The fourth-order valence-corrected chi connectivity index (χ4v) is 1.60. The molecular weight excluding hydrogens is 230 g/mol. The Morgan fingerprint density at radius 2 is 2.00 bits per heavy atom. The molecule has 0 unspecified atom stereocenters. The summed E-state index contributed by atoms with van der Waals surface area (Å²) in [6.45, 7) is 5.28. The van der Waals surface area contributed by atoms with E-state index in [-0.39, 0.29) is 11.3 Å². The zero-order valence-corrected chi connectivity index (χ0v) is 10.3. The van der Waals surface area contributed by atoms with Gasteiger partial charge in [-0.2, -0.15) is 5.10 Å². The first-order valence-electron chi connectivity index (χ1n) is 5.18. The van der Waals surface area contributed by atoms with Crippen LogP contribution < -0.4 is 0 Å². The summed E-state index contributed by atoms with van der Waals surface area (Å²) < 4.78 is 28.8. The first-order chi connectivity index (χ1) is 7.54. The van der Waals surface area contributed by atoms with Crippen molar-refractivity contribution in [3.8, 4) is 0 Å². The highest BCUT2D eigenvalue weighted by atomic mass is 19.3. The van der Waals surface area contributed by atoms with Crippen LogP contribution in [0.25, 0.3) is 0 Å². The number of carbonyl (C=O) groups is 1. The molecule has 0 radical (unpaired) electrons. The quantitative estimate of drug-likeness (QED) is 0.890. The number of carboxylic acid groups (broad SMARTS) is 1. The summed E-state index contributed by atoms with van der Waals surface area (Å²) in [4.78, 5) is 10.4. The highest BCUT2D eigenvalue weighted by Gasteiger charge is 2.41. The van der Waals surface area contributed by atoms with Crippen molar-refractivity contribution in [2.75, 3.05) is 0 Å². The molecule has 6 heteroatoms. The second kappa shape index (κ2) is 4.09. The number of nitrogens with zero attached hydrogens (tertiary/aromatic N) is 2. The van der Waals surface area contributed by atoms with Gasteiger partial charge in [0.15, 0.2) is 0 Å².